The number of hydrogen-bond acceptors (Lipinski definition) is 1. The number of aromatic nitrogens is 2. The molecule has 0 N–H and O–H groups in total. The summed E-state index contributed by atoms with van der Waals surface area (Å²) in [5, 5.41) is 4.62. The van der Waals surface area contributed by atoms with E-state index in [1.807, 2.05) is 0 Å². The summed E-state index contributed by atoms with van der Waals surface area (Å²) in [6, 6.07) is 0. The number of hydrogen-bond donors (Lipinski definition) is 0. The van der Waals surface area contributed by atoms with E-state index in [9.17, 15) is 0 Å². The highest BCUT2D eigenvalue weighted by Gasteiger charge is 2.12. The summed E-state index contributed by atoms with van der Waals surface area (Å²) < 4.78 is 2.16. The van der Waals surface area contributed by atoms with Crippen molar-refractivity contribution in [2.45, 2.75) is 54.5 Å². The van der Waals surface area contributed by atoms with E-state index in [0.717, 1.165) is 13.0 Å². The minimum Gasteiger partial charge on any atom is -0.269 e. The van der Waals surface area contributed by atoms with Crippen molar-refractivity contribution in [1.82, 2.24) is 9.78 Å². The molecule has 0 radical (unpaired) electrons. The standard InChI is InChI=1S/C13H24N2/c1-9(2)7-13-11(5)14-15(12(13)6)8-10(3)4/h9-10H,7-8H2,1-6H3. The second-order valence-electron chi connectivity index (χ2n) is 5.32. The van der Waals surface area contributed by atoms with Gasteiger partial charge in [-0.15, -0.1) is 0 Å². The Bertz CT molecular complexity index is 322. The average molecular weight is 208 g/mol. The Balaban J connectivity index is 2.93. The Morgan fingerprint density at radius 2 is 1.67 bits per heavy atom. The lowest BCUT2D eigenvalue weighted by Crippen LogP contribution is -2.08. The highest BCUT2D eigenvalue weighted by atomic mass is 15.3. The maximum absolute atomic E-state index is 4.62. The molecule has 1 aromatic rings. The van der Waals surface area contributed by atoms with Crippen LogP contribution in [0.1, 0.15) is 44.6 Å². The summed E-state index contributed by atoms with van der Waals surface area (Å²) in [5.74, 6) is 1.37. The molecule has 0 bridgehead atoms. The first-order valence-electron chi connectivity index (χ1n) is 5.94. The van der Waals surface area contributed by atoms with E-state index in [1.54, 1.807) is 0 Å². The monoisotopic (exact) mass is 208 g/mol. The second-order valence-corrected chi connectivity index (χ2v) is 5.32. The van der Waals surface area contributed by atoms with Crippen molar-refractivity contribution in [2.75, 3.05) is 0 Å². The quantitative estimate of drug-likeness (QED) is 0.742. The van der Waals surface area contributed by atoms with Gasteiger partial charge in [0.15, 0.2) is 0 Å². The third-order valence-electron chi connectivity index (χ3n) is 2.68. The summed E-state index contributed by atoms with van der Waals surface area (Å²) in [7, 11) is 0. The average Bonchev–Trinajstić information content (AvgIpc) is 2.31. The molecule has 0 atom stereocenters. The molecule has 0 aliphatic heterocycles. The van der Waals surface area contributed by atoms with Crippen LogP contribution in [0.15, 0.2) is 0 Å². The van der Waals surface area contributed by atoms with Gasteiger partial charge in [0.05, 0.1) is 5.69 Å². The maximum Gasteiger partial charge on any atom is 0.0628 e. The fourth-order valence-corrected chi connectivity index (χ4v) is 1.96. The molecule has 1 aromatic heterocycles. The number of nitrogens with zero attached hydrogens (tertiary/aromatic N) is 2. The second kappa shape index (κ2) is 4.82. The molecule has 0 fully saturated rings. The lowest BCUT2D eigenvalue weighted by Gasteiger charge is -2.08. The SMILES string of the molecule is Cc1nn(CC(C)C)c(C)c1CC(C)C. The summed E-state index contributed by atoms with van der Waals surface area (Å²) in [6.45, 7) is 14.3. The van der Waals surface area contributed by atoms with E-state index >= 15 is 0 Å². The zero-order valence-corrected chi connectivity index (χ0v) is 11.0. The molecule has 15 heavy (non-hydrogen) atoms. The Labute approximate surface area is 93.7 Å². The Hall–Kier alpha value is -0.790. The van der Waals surface area contributed by atoms with Gasteiger partial charge in [-0.2, -0.15) is 5.10 Å². The Morgan fingerprint density at radius 3 is 2.13 bits per heavy atom. The van der Waals surface area contributed by atoms with Gasteiger partial charge >= 0.3 is 0 Å². The molecular weight excluding hydrogens is 184 g/mol. The largest absolute Gasteiger partial charge is 0.269 e. The van der Waals surface area contributed by atoms with Gasteiger partial charge in [0.2, 0.25) is 0 Å². The molecule has 0 saturated heterocycles. The molecule has 0 amide bonds. The number of aryl methyl sites for hydroxylation is 1. The molecule has 0 unspecified atom stereocenters. The van der Waals surface area contributed by atoms with Crippen molar-refractivity contribution >= 4 is 0 Å². The lowest BCUT2D eigenvalue weighted by molar-refractivity contribution is 0.472. The summed E-state index contributed by atoms with van der Waals surface area (Å²) in [4.78, 5) is 0. The van der Waals surface area contributed by atoms with Crippen molar-refractivity contribution in [2.24, 2.45) is 11.8 Å². The zero-order valence-electron chi connectivity index (χ0n) is 11.0. The summed E-state index contributed by atoms with van der Waals surface area (Å²) >= 11 is 0. The molecule has 0 aliphatic rings. The van der Waals surface area contributed by atoms with Crippen molar-refractivity contribution in [3.05, 3.63) is 17.0 Å². The molecule has 2 nitrogen and oxygen atoms in total. The van der Waals surface area contributed by atoms with Crippen molar-refractivity contribution in [1.29, 1.82) is 0 Å². The topological polar surface area (TPSA) is 17.8 Å². The Morgan fingerprint density at radius 1 is 1.07 bits per heavy atom. The van der Waals surface area contributed by atoms with Crippen LogP contribution < -0.4 is 0 Å². The van der Waals surface area contributed by atoms with E-state index in [-0.39, 0.29) is 0 Å². The summed E-state index contributed by atoms with van der Waals surface area (Å²) in [5.41, 5.74) is 4.02. The maximum atomic E-state index is 4.62. The molecule has 0 saturated carbocycles. The fraction of sp³-hybridized carbons (Fsp3) is 0.769. The van der Waals surface area contributed by atoms with Crippen LogP contribution in [-0.4, -0.2) is 9.78 Å². The van der Waals surface area contributed by atoms with Crippen LogP contribution in [0.3, 0.4) is 0 Å². The minimum absolute atomic E-state index is 0.662. The third-order valence-corrected chi connectivity index (χ3v) is 2.68. The van der Waals surface area contributed by atoms with Gasteiger partial charge in [-0.25, -0.2) is 0 Å². The van der Waals surface area contributed by atoms with Crippen LogP contribution in [0.2, 0.25) is 0 Å². The third kappa shape index (κ3) is 3.08. The van der Waals surface area contributed by atoms with Crippen molar-refractivity contribution in [3.8, 4) is 0 Å². The smallest absolute Gasteiger partial charge is 0.0628 e. The lowest BCUT2D eigenvalue weighted by atomic mass is 10.0. The molecule has 86 valence electrons. The van der Waals surface area contributed by atoms with Crippen LogP contribution in [0.4, 0.5) is 0 Å². The van der Waals surface area contributed by atoms with Crippen LogP contribution in [0.25, 0.3) is 0 Å². The predicted octanol–water partition coefficient (Wildman–Crippen LogP) is 3.35. The highest BCUT2D eigenvalue weighted by Crippen LogP contribution is 2.18. The first-order valence-corrected chi connectivity index (χ1v) is 5.94. The first-order chi connectivity index (χ1) is 6.91. The molecule has 2 heteroatoms. The molecular formula is C13H24N2. The van der Waals surface area contributed by atoms with Gasteiger partial charge in [0.1, 0.15) is 0 Å². The summed E-state index contributed by atoms with van der Waals surface area (Å²) in [6.07, 6.45) is 1.15. The van der Waals surface area contributed by atoms with E-state index in [4.69, 9.17) is 0 Å². The van der Waals surface area contributed by atoms with Crippen LogP contribution in [0, 0.1) is 25.7 Å². The van der Waals surface area contributed by atoms with E-state index in [0.29, 0.717) is 11.8 Å². The molecule has 0 spiro atoms. The van der Waals surface area contributed by atoms with E-state index in [2.05, 4.69) is 51.3 Å². The molecule has 0 aliphatic carbocycles. The molecule has 1 rings (SSSR count). The predicted molar refractivity (Wildman–Crippen MR) is 65.1 cm³/mol. The highest BCUT2D eigenvalue weighted by molar-refractivity contribution is 5.24. The first kappa shape index (κ1) is 12.3. The van der Waals surface area contributed by atoms with Crippen LogP contribution in [-0.2, 0) is 13.0 Å². The number of rotatable bonds is 4. The van der Waals surface area contributed by atoms with Crippen molar-refractivity contribution in [3.63, 3.8) is 0 Å². The normalized spacial score (nSPS) is 11.7. The van der Waals surface area contributed by atoms with Crippen LogP contribution in [0.5, 0.6) is 0 Å². The van der Waals surface area contributed by atoms with Gasteiger partial charge < -0.3 is 0 Å². The zero-order chi connectivity index (χ0) is 11.6. The van der Waals surface area contributed by atoms with Gasteiger partial charge in [0.25, 0.3) is 0 Å². The Kier molecular flexibility index (Phi) is 3.95. The van der Waals surface area contributed by atoms with E-state index < -0.39 is 0 Å². The van der Waals surface area contributed by atoms with Crippen LogP contribution >= 0.6 is 0 Å². The van der Waals surface area contributed by atoms with Gasteiger partial charge in [0, 0.05) is 12.2 Å². The van der Waals surface area contributed by atoms with Gasteiger partial charge in [-0.3, -0.25) is 4.68 Å². The minimum atomic E-state index is 0.662. The van der Waals surface area contributed by atoms with E-state index in [1.165, 1.54) is 17.0 Å². The van der Waals surface area contributed by atoms with Gasteiger partial charge in [-0.1, -0.05) is 27.7 Å². The fourth-order valence-electron chi connectivity index (χ4n) is 1.96. The molecule has 1 heterocycles. The van der Waals surface area contributed by atoms with Crippen molar-refractivity contribution < 1.29 is 0 Å². The van der Waals surface area contributed by atoms with Gasteiger partial charge in [-0.05, 0) is 37.7 Å². The molecule has 0 aromatic carbocycles.